The smallest absolute Gasteiger partial charge is 0 e. The summed E-state index contributed by atoms with van der Waals surface area (Å²) in [5.74, 6) is 0. The maximum Gasteiger partial charge on any atom is 0 e. The van der Waals surface area contributed by atoms with Crippen LogP contribution in [0.15, 0.2) is 0 Å². The van der Waals surface area contributed by atoms with Gasteiger partial charge in [-0.2, -0.15) is 0 Å². The molecule has 4 heteroatoms. The van der Waals surface area contributed by atoms with Gasteiger partial charge in [0, 0.05) is 87.6 Å². The molecule has 0 spiro atoms. The summed E-state index contributed by atoms with van der Waals surface area (Å²) in [6.07, 6.45) is 0. The van der Waals surface area contributed by atoms with Crippen LogP contribution >= 0.6 is 0 Å². The Bertz CT molecular complexity index is 3.25. The fourth-order valence-corrected chi connectivity index (χ4v) is 0. The minimum atomic E-state index is 0. The maximum atomic E-state index is 0. The Morgan fingerprint density at radius 1 is 0.500 bits per heavy atom. The van der Waals surface area contributed by atoms with E-state index in [1.54, 1.807) is 0 Å². The zero-order valence-corrected chi connectivity index (χ0v) is 9.72. The van der Waals surface area contributed by atoms with Crippen molar-refractivity contribution in [3.8, 4) is 0 Å². The summed E-state index contributed by atoms with van der Waals surface area (Å²) >= 11 is 0. The summed E-state index contributed by atoms with van der Waals surface area (Å²) in [6, 6.07) is 0. The van der Waals surface area contributed by atoms with Crippen LogP contribution in [0, 0.1) is 29.2 Å². The Kier molecular flexibility index (Phi) is 122. The first-order valence-electron chi connectivity index (χ1n) is 0. The normalized spacial score (nSPS) is 0. The van der Waals surface area contributed by atoms with Crippen molar-refractivity contribution in [1.29, 1.82) is 0 Å². The third kappa shape index (κ3) is 8.85. The number of hydrogen-bond donors (Lipinski definition) is 0. The van der Waals surface area contributed by atoms with E-state index >= 15 is 0 Å². The van der Waals surface area contributed by atoms with E-state index in [9.17, 15) is 0 Å². The molecule has 0 saturated carbocycles. The van der Waals surface area contributed by atoms with E-state index in [0.29, 0.717) is 0 Å². The van der Waals surface area contributed by atoms with Crippen LogP contribution in [0.2, 0.25) is 0 Å². The Hall–Kier alpha value is 2.86. The van der Waals surface area contributed by atoms with Crippen molar-refractivity contribution in [2.45, 2.75) is 0 Å². The molecule has 3 radical (unpaired) electrons. The Morgan fingerprint density at radius 2 is 0.500 bits per heavy atom. The SMILES string of the molecule is [Pu].[Rh].[Rh].[Rh]. The number of rotatable bonds is 0. The first kappa shape index (κ1) is 28.8. The minimum absolute atomic E-state index is 0. The third-order valence-electron chi connectivity index (χ3n) is 0. The zero-order valence-electron chi connectivity index (χ0n) is 1.41. The molecule has 0 aromatic carbocycles. The first-order chi connectivity index (χ1) is 0. The summed E-state index contributed by atoms with van der Waals surface area (Å²) in [7, 11) is 0. The topological polar surface area (TPSA) is 0 Å². The van der Waals surface area contributed by atoms with Crippen LogP contribution in [0.5, 0.6) is 0 Å². The molecule has 0 saturated heterocycles. The van der Waals surface area contributed by atoms with Gasteiger partial charge >= 0.3 is 0 Å². The molecular weight excluding hydrogens is 553 g/mol. The van der Waals surface area contributed by atoms with Crippen molar-refractivity contribution >= 4 is 0 Å². The molecule has 0 aliphatic heterocycles. The molecule has 0 bridgehead atoms. The van der Waals surface area contributed by atoms with Gasteiger partial charge in [-0.1, -0.05) is 0 Å². The zero-order chi connectivity index (χ0) is 0. The average Bonchev–Trinajstić information content (AvgIpc) is 0. The summed E-state index contributed by atoms with van der Waals surface area (Å²) in [5, 5.41) is 0. The van der Waals surface area contributed by atoms with Gasteiger partial charge in [0.05, 0.1) is 0 Å². The van der Waals surface area contributed by atoms with Gasteiger partial charge in [-0.05, 0) is 0 Å². The van der Waals surface area contributed by atoms with Gasteiger partial charge < -0.3 is 0 Å². The van der Waals surface area contributed by atoms with Crippen LogP contribution in [0.3, 0.4) is 0 Å². The second-order valence-corrected chi connectivity index (χ2v) is 0. The summed E-state index contributed by atoms with van der Waals surface area (Å²) < 4.78 is 0. The molecule has 0 heterocycles. The van der Waals surface area contributed by atoms with Gasteiger partial charge in [0.2, 0.25) is 0 Å². The molecule has 0 aromatic rings. The van der Waals surface area contributed by atoms with Crippen molar-refractivity contribution in [1.82, 2.24) is 0 Å². The van der Waals surface area contributed by atoms with Gasteiger partial charge in [-0.25, -0.2) is 0 Å². The molecule has 0 aliphatic rings. The first-order valence-corrected chi connectivity index (χ1v) is 0. The molecule has 0 aromatic heterocycles. The van der Waals surface area contributed by atoms with E-state index in [1.165, 1.54) is 0 Å². The van der Waals surface area contributed by atoms with E-state index in [-0.39, 0.29) is 87.6 Å². The van der Waals surface area contributed by atoms with Crippen LogP contribution < -0.4 is 0 Å². The van der Waals surface area contributed by atoms with Crippen LogP contribution in [0.25, 0.3) is 0 Å². The third-order valence-corrected chi connectivity index (χ3v) is 0. The summed E-state index contributed by atoms with van der Waals surface area (Å²) in [6.45, 7) is 0. The number of hydrogen-bond acceptors (Lipinski definition) is 0. The largest absolute Gasteiger partial charge is 0 e. The second-order valence-electron chi connectivity index (χ2n) is 0. The van der Waals surface area contributed by atoms with Crippen LogP contribution in [0.4, 0.5) is 0 Å². The van der Waals surface area contributed by atoms with Gasteiger partial charge in [-0.15, -0.1) is 0 Å². The Labute approximate surface area is 86.1 Å². The molecule has 0 N–H and O–H groups in total. The fourth-order valence-electron chi connectivity index (χ4n) is 0. The van der Waals surface area contributed by atoms with E-state index in [1.807, 2.05) is 0 Å². The predicted octanol–water partition coefficient (Wildman–Crippen LogP) is -0.00750. The van der Waals surface area contributed by atoms with Crippen molar-refractivity contribution in [3.05, 3.63) is 0 Å². The van der Waals surface area contributed by atoms with Crippen molar-refractivity contribution in [2.75, 3.05) is 0 Å². The van der Waals surface area contributed by atoms with Crippen molar-refractivity contribution in [3.63, 3.8) is 0 Å². The minimum Gasteiger partial charge on any atom is 0 e. The molecule has 0 rings (SSSR count). The van der Waals surface area contributed by atoms with E-state index in [0.717, 1.165) is 0 Å². The van der Waals surface area contributed by atoms with Gasteiger partial charge in [-0.3, -0.25) is 0 Å². The molecule has 0 nitrogen and oxygen atoms in total. The van der Waals surface area contributed by atoms with E-state index in [4.69, 9.17) is 0 Å². The van der Waals surface area contributed by atoms with Gasteiger partial charge in [0.1, 0.15) is 0 Å². The summed E-state index contributed by atoms with van der Waals surface area (Å²) in [5.41, 5.74) is 0. The quantitative estimate of drug-likeness (QED) is 0.371. The summed E-state index contributed by atoms with van der Waals surface area (Å²) in [4.78, 5) is 0. The molecule has 0 amide bonds. The van der Waals surface area contributed by atoms with Crippen molar-refractivity contribution < 1.29 is 87.6 Å². The van der Waals surface area contributed by atoms with Crippen molar-refractivity contribution in [2.24, 2.45) is 0 Å². The molecular formula is PuRh3. The molecule has 4 heavy (non-hydrogen) atoms. The fraction of sp³-hybridized carbons (Fsp3) is 0. The standard InChI is InChI=1S/Pu.3Rh. The van der Waals surface area contributed by atoms with E-state index < -0.39 is 0 Å². The Morgan fingerprint density at radius 3 is 0.500 bits per heavy atom. The molecule has 0 aliphatic carbocycles. The van der Waals surface area contributed by atoms with Gasteiger partial charge in [0.25, 0.3) is 0 Å². The van der Waals surface area contributed by atoms with Gasteiger partial charge in [0.15, 0.2) is 0 Å². The van der Waals surface area contributed by atoms with Crippen LogP contribution in [-0.2, 0) is 58.4 Å². The van der Waals surface area contributed by atoms with Crippen LogP contribution in [-0.4, -0.2) is 0 Å². The predicted molar refractivity (Wildman–Crippen MR) is 0 cm³/mol. The Balaban J connectivity index is 0. The average molecular weight is 553 g/mol. The van der Waals surface area contributed by atoms with Crippen LogP contribution in [0.1, 0.15) is 0 Å². The molecule has 33 valence electrons. The monoisotopic (exact) mass is 547 g/mol. The molecule has 0 atom stereocenters. The molecule has 0 fully saturated rings. The van der Waals surface area contributed by atoms with E-state index in [2.05, 4.69) is 0 Å². The maximum absolute atomic E-state index is 0. The molecule has 0 unspecified atom stereocenters. The second kappa shape index (κ2) is 16.9.